The fourth-order valence-electron chi connectivity index (χ4n) is 2.23. The Kier molecular flexibility index (Phi) is 1.69. The highest BCUT2D eigenvalue weighted by molar-refractivity contribution is 5.30. The molecular weight excluding hydrogens is 170 g/mol. The second-order valence-electron chi connectivity index (χ2n) is 3.90. The molecule has 0 radical (unpaired) electrons. The van der Waals surface area contributed by atoms with Gasteiger partial charge in [-0.1, -0.05) is 24.3 Å². The SMILES string of the molecule is c1ccc2c(c1)CCc1cccn1C2. The maximum absolute atomic E-state index is 2.35. The third-order valence-electron chi connectivity index (χ3n) is 3.03. The third-order valence-corrected chi connectivity index (χ3v) is 3.03. The lowest BCUT2D eigenvalue weighted by Crippen LogP contribution is -1.99. The van der Waals surface area contributed by atoms with Crippen molar-refractivity contribution in [1.29, 1.82) is 0 Å². The average Bonchev–Trinajstić information content (AvgIpc) is 2.58. The molecule has 0 atom stereocenters. The maximum Gasteiger partial charge on any atom is 0.0475 e. The lowest BCUT2D eigenvalue weighted by Gasteiger charge is -2.05. The van der Waals surface area contributed by atoms with Crippen molar-refractivity contribution in [1.82, 2.24) is 4.57 Å². The smallest absolute Gasteiger partial charge is 0.0475 e. The van der Waals surface area contributed by atoms with Crippen LogP contribution in [0.15, 0.2) is 42.6 Å². The van der Waals surface area contributed by atoms with E-state index in [1.54, 1.807) is 0 Å². The van der Waals surface area contributed by atoms with Gasteiger partial charge in [0.1, 0.15) is 0 Å². The van der Waals surface area contributed by atoms with Crippen molar-refractivity contribution in [3.63, 3.8) is 0 Å². The van der Waals surface area contributed by atoms with Gasteiger partial charge >= 0.3 is 0 Å². The number of benzene rings is 1. The summed E-state index contributed by atoms with van der Waals surface area (Å²) >= 11 is 0. The van der Waals surface area contributed by atoms with Crippen LogP contribution < -0.4 is 0 Å². The highest BCUT2D eigenvalue weighted by atomic mass is 15.0. The Morgan fingerprint density at radius 3 is 2.64 bits per heavy atom. The van der Waals surface area contributed by atoms with E-state index < -0.39 is 0 Å². The molecule has 0 amide bonds. The van der Waals surface area contributed by atoms with Crippen molar-refractivity contribution in [2.75, 3.05) is 0 Å². The molecule has 0 fully saturated rings. The Morgan fingerprint density at radius 1 is 0.857 bits per heavy atom. The van der Waals surface area contributed by atoms with Crippen LogP contribution in [0.5, 0.6) is 0 Å². The van der Waals surface area contributed by atoms with E-state index in [0.29, 0.717) is 0 Å². The molecule has 0 aliphatic carbocycles. The minimum Gasteiger partial charge on any atom is -0.347 e. The first-order valence-corrected chi connectivity index (χ1v) is 5.14. The second kappa shape index (κ2) is 3.02. The van der Waals surface area contributed by atoms with Crippen LogP contribution in [0.2, 0.25) is 0 Å². The van der Waals surface area contributed by atoms with E-state index in [0.717, 1.165) is 6.54 Å². The minimum atomic E-state index is 1.04. The van der Waals surface area contributed by atoms with Crippen molar-refractivity contribution in [3.05, 3.63) is 59.4 Å². The van der Waals surface area contributed by atoms with Crippen LogP contribution in [0.25, 0.3) is 0 Å². The van der Waals surface area contributed by atoms with Crippen molar-refractivity contribution in [2.45, 2.75) is 19.4 Å². The molecule has 1 heteroatoms. The molecule has 0 bridgehead atoms. The summed E-state index contributed by atoms with van der Waals surface area (Å²) in [5.41, 5.74) is 4.44. The average molecular weight is 183 g/mol. The van der Waals surface area contributed by atoms with Crippen LogP contribution in [-0.2, 0) is 19.4 Å². The molecule has 1 nitrogen and oxygen atoms in total. The molecule has 0 unspecified atom stereocenters. The van der Waals surface area contributed by atoms with Gasteiger partial charge in [0, 0.05) is 18.4 Å². The zero-order chi connectivity index (χ0) is 9.38. The maximum atomic E-state index is 2.35. The molecule has 1 aromatic heterocycles. The van der Waals surface area contributed by atoms with Crippen LogP contribution in [0.1, 0.15) is 16.8 Å². The molecule has 70 valence electrons. The van der Waals surface area contributed by atoms with Crippen molar-refractivity contribution < 1.29 is 0 Å². The number of nitrogens with zero attached hydrogens (tertiary/aromatic N) is 1. The summed E-state index contributed by atoms with van der Waals surface area (Å²) < 4.78 is 2.35. The minimum absolute atomic E-state index is 1.04. The Hall–Kier alpha value is -1.50. The number of rotatable bonds is 0. The summed E-state index contributed by atoms with van der Waals surface area (Å²) in [4.78, 5) is 0. The highest BCUT2D eigenvalue weighted by Crippen LogP contribution is 2.19. The largest absolute Gasteiger partial charge is 0.347 e. The van der Waals surface area contributed by atoms with Crippen molar-refractivity contribution in [3.8, 4) is 0 Å². The Bertz CT molecular complexity index is 454. The van der Waals surface area contributed by atoms with E-state index in [1.807, 2.05) is 0 Å². The van der Waals surface area contributed by atoms with Gasteiger partial charge in [-0.3, -0.25) is 0 Å². The standard InChI is InChI=1S/C13H13N/c1-2-5-12-10-14-9-3-6-13(14)8-7-11(12)4-1/h1-6,9H,7-8,10H2. The number of aryl methyl sites for hydroxylation is 2. The van der Waals surface area contributed by atoms with Crippen LogP contribution in [-0.4, -0.2) is 4.57 Å². The third kappa shape index (κ3) is 1.17. The quantitative estimate of drug-likeness (QED) is 0.591. The fourth-order valence-corrected chi connectivity index (χ4v) is 2.23. The van der Waals surface area contributed by atoms with E-state index >= 15 is 0 Å². The van der Waals surface area contributed by atoms with Crippen LogP contribution in [0, 0.1) is 0 Å². The Labute approximate surface area is 84.0 Å². The molecule has 1 aliphatic rings. The first kappa shape index (κ1) is 7.86. The molecule has 2 aromatic rings. The summed E-state index contributed by atoms with van der Waals surface area (Å²) in [6.45, 7) is 1.04. The molecule has 0 N–H and O–H groups in total. The van der Waals surface area contributed by atoms with Gasteiger partial charge in [0.15, 0.2) is 0 Å². The van der Waals surface area contributed by atoms with Crippen LogP contribution in [0.4, 0.5) is 0 Å². The normalized spacial score (nSPS) is 14.3. The molecule has 1 aliphatic heterocycles. The molecule has 0 saturated heterocycles. The molecule has 0 saturated carbocycles. The number of fused-ring (bicyclic) bond motifs is 2. The predicted molar refractivity (Wildman–Crippen MR) is 57.4 cm³/mol. The zero-order valence-corrected chi connectivity index (χ0v) is 8.11. The van der Waals surface area contributed by atoms with Gasteiger partial charge in [0.25, 0.3) is 0 Å². The number of aromatic nitrogens is 1. The van der Waals surface area contributed by atoms with E-state index in [4.69, 9.17) is 0 Å². The monoisotopic (exact) mass is 183 g/mol. The van der Waals surface area contributed by atoms with Gasteiger partial charge in [0.2, 0.25) is 0 Å². The number of hydrogen-bond donors (Lipinski definition) is 0. The first-order chi connectivity index (χ1) is 6.93. The van der Waals surface area contributed by atoms with Gasteiger partial charge in [0.05, 0.1) is 0 Å². The van der Waals surface area contributed by atoms with Crippen molar-refractivity contribution in [2.24, 2.45) is 0 Å². The van der Waals surface area contributed by atoms with E-state index in [2.05, 4.69) is 47.2 Å². The molecule has 14 heavy (non-hydrogen) atoms. The van der Waals surface area contributed by atoms with Gasteiger partial charge < -0.3 is 4.57 Å². The second-order valence-corrected chi connectivity index (χ2v) is 3.90. The molecule has 3 rings (SSSR count). The lowest BCUT2D eigenvalue weighted by atomic mass is 10.0. The van der Waals surface area contributed by atoms with Gasteiger partial charge in [-0.05, 0) is 36.1 Å². The van der Waals surface area contributed by atoms with Gasteiger partial charge in [-0.15, -0.1) is 0 Å². The molecule has 1 aromatic carbocycles. The summed E-state index contributed by atoms with van der Waals surface area (Å²) in [5, 5.41) is 0. The summed E-state index contributed by atoms with van der Waals surface area (Å²) in [5.74, 6) is 0. The van der Waals surface area contributed by atoms with E-state index in [9.17, 15) is 0 Å². The number of hydrogen-bond acceptors (Lipinski definition) is 0. The highest BCUT2D eigenvalue weighted by Gasteiger charge is 2.10. The lowest BCUT2D eigenvalue weighted by molar-refractivity contribution is 0.765. The van der Waals surface area contributed by atoms with E-state index in [1.165, 1.54) is 29.7 Å². The molecular formula is C13H13N. The topological polar surface area (TPSA) is 4.93 Å². The Balaban J connectivity index is 2.10. The summed E-state index contributed by atoms with van der Waals surface area (Å²) in [6, 6.07) is 13.1. The Morgan fingerprint density at radius 2 is 1.71 bits per heavy atom. The first-order valence-electron chi connectivity index (χ1n) is 5.14. The van der Waals surface area contributed by atoms with Crippen LogP contribution in [0.3, 0.4) is 0 Å². The molecule has 0 spiro atoms. The fraction of sp³-hybridized carbons (Fsp3) is 0.231. The van der Waals surface area contributed by atoms with Gasteiger partial charge in [-0.25, -0.2) is 0 Å². The van der Waals surface area contributed by atoms with Crippen LogP contribution >= 0.6 is 0 Å². The van der Waals surface area contributed by atoms with Crippen molar-refractivity contribution >= 4 is 0 Å². The zero-order valence-electron chi connectivity index (χ0n) is 8.11. The van der Waals surface area contributed by atoms with E-state index in [-0.39, 0.29) is 0 Å². The predicted octanol–water partition coefficient (Wildman–Crippen LogP) is 2.64. The summed E-state index contributed by atoms with van der Waals surface area (Å²) in [6.07, 6.45) is 4.53. The van der Waals surface area contributed by atoms with Gasteiger partial charge in [-0.2, -0.15) is 0 Å². The summed E-state index contributed by atoms with van der Waals surface area (Å²) in [7, 11) is 0. The molecule has 2 heterocycles.